The minimum absolute atomic E-state index is 0.0279. The van der Waals surface area contributed by atoms with Crippen LogP contribution in [0.25, 0.3) is 22.3 Å². The van der Waals surface area contributed by atoms with Crippen LogP contribution in [-0.2, 0) is 10.0 Å². The first kappa shape index (κ1) is 22.9. The molecule has 0 aliphatic carbocycles. The minimum atomic E-state index is -3.71. The summed E-state index contributed by atoms with van der Waals surface area (Å²) in [7, 11) is -3.71. The van der Waals surface area contributed by atoms with Crippen molar-refractivity contribution in [1.82, 2.24) is 0 Å². The van der Waals surface area contributed by atoms with E-state index in [-0.39, 0.29) is 57.9 Å². The first-order valence-electron chi connectivity index (χ1n) is 9.44. The van der Waals surface area contributed by atoms with Gasteiger partial charge >= 0.3 is 5.97 Å². The molecule has 1 aromatic heterocycles. The van der Waals surface area contributed by atoms with Gasteiger partial charge in [0.05, 0.1) is 17.5 Å². The van der Waals surface area contributed by atoms with Crippen LogP contribution in [0, 0.1) is 5.82 Å². The Morgan fingerprint density at radius 1 is 1.26 bits per heavy atom. The number of halogens is 2. The van der Waals surface area contributed by atoms with Gasteiger partial charge in [0.1, 0.15) is 28.5 Å². The number of hydrogen-bond donors (Lipinski definition) is 2. The Balaban J connectivity index is 2.19. The Labute approximate surface area is 183 Å². The van der Waals surface area contributed by atoms with Crippen LogP contribution < -0.4 is 9.46 Å². The zero-order chi connectivity index (χ0) is 22.8. The molecule has 2 N–H and O–H groups in total. The van der Waals surface area contributed by atoms with Gasteiger partial charge in [0, 0.05) is 22.9 Å². The lowest BCUT2D eigenvalue weighted by Crippen LogP contribution is -2.18. The third-order valence-corrected chi connectivity index (χ3v) is 5.91. The summed E-state index contributed by atoms with van der Waals surface area (Å²) in [5.41, 5.74) is 0.493. The van der Waals surface area contributed by atoms with E-state index >= 15 is 0 Å². The number of sulfonamides is 1. The van der Waals surface area contributed by atoms with Crippen molar-refractivity contribution in [3.63, 3.8) is 0 Å². The Morgan fingerprint density at radius 2 is 1.94 bits per heavy atom. The molecule has 166 valence electrons. The van der Waals surface area contributed by atoms with Gasteiger partial charge in [-0.3, -0.25) is 4.72 Å². The van der Waals surface area contributed by atoms with Crippen molar-refractivity contribution in [3.05, 3.63) is 47.8 Å². The first-order valence-corrected chi connectivity index (χ1v) is 11.6. The number of furan rings is 1. The van der Waals surface area contributed by atoms with Gasteiger partial charge in [0.25, 0.3) is 0 Å². The van der Waals surface area contributed by atoms with Gasteiger partial charge in [-0.25, -0.2) is 17.6 Å². The molecular weight excluding hydrogens is 449 g/mol. The number of hydrogen-bond acceptors (Lipinski definition) is 5. The molecule has 0 amide bonds. The predicted molar refractivity (Wildman–Crippen MR) is 117 cm³/mol. The fourth-order valence-electron chi connectivity index (χ4n) is 3.03. The average Bonchev–Trinajstić information content (AvgIpc) is 3.05. The van der Waals surface area contributed by atoms with Crippen LogP contribution in [0.4, 0.5) is 10.1 Å². The summed E-state index contributed by atoms with van der Waals surface area (Å²) in [6, 6.07) is 8.00. The number of alkyl halides is 1. The molecule has 3 aromatic rings. The molecular formula is C21H21ClFNO6S. The summed E-state index contributed by atoms with van der Waals surface area (Å²) in [5.74, 6) is -1.53. The Bertz CT molecular complexity index is 1200. The van der Waals surface area contributed by atoms with Crippen molar-refractivity contribution in [2.75, 3.05) is 16.4 Å². The second kappa shape index (κ2) is 9.15. The highest BCUT2D eigenvalue weighted by Gasteiger charge is 2.25. The second-order valence-corrected chi connectivity index (χ2v) is 9.31. The van der Waals surface area contributed by atoms with Crippen molar-refractivity contribution in [3.8, 4) is 17.1 Å². The van der Waals surface area contributed by atoms with E-state index in [0.717, 1.165) is 0 Å². The lowest BCUT2D eigenvalue weighted by atomic mass is 10.0. The van der Waals surface area contributed by atoms with E-state index in [4.69, 9.17) is 20.8 Å². The number of rotatable bonds is 9. The van der Waals surface area contributed by atoms with Gasteiger partial charge in [-0.05, 0) is 50.6 Å². The molecule has 10 heteroatoms. The quantitative estimate of drug-likeness (QED) is 0.422. The third kappa shape index (κ3) is 5.29. The highest BCUT2D eigenvalue weighted by molar-refractivity contribution is 7.92. The summed E-state index contributed by atoms with van der Waals surface area (Å²) in [6.45, 7) is 3.51. The Hall–Kier alpha value is -2.78. The van der Waals surface area contributed by atoms with Crippen LogP contribution in [0.3, 0.4) is 0 Å². The predicted octanol–water partition coefficient (Wildman–Crippen LogP) is 5.09. The molecule has 0 radical (unpaired) electrons. The molecule has 0 atom stereocenters. The molecule has 0 aliphatic rings. The molecule has 0 unspecified atom stereocenters. The van der Waals surface area contributed by atoms with Gasteiger partial charge in [0.2, 0.25) is 10.0 Å². The monoisotopic (exact) mass is 469 g/mol. The molecule has 3 rings (SSSR count). The summed E-state index contributed by atoms with van der Waals surface area (Å²) in [6.07, 6.45) is -0.0432. The van der Waals surface area contributed by atoms with Crippen molar-refractivity contribution < 1.29 is 31.9 Å². The molecule has 1 heterocycles. The molecule has 0 bridgehead atoms. The van der Waals surface area contributed by atoms with Gasteiger partial charge < -0.3 is 14.3 Å². The fraction of sp³-hybridized carbons (Fsp3) is 0.286. The number of carboxylic acid groups (broad SMARTS) is 1. The molecule has 0 saturated heterocycles. The second-order valence-electron chi connectivity index (χ2n) is 7.09. The topological polar surface area (TPSA) is 106 Å². The van der Waals surface area contributed by atoms with Crippen molar-refractivity contribution in [2.45, 2.75) is 26.4 Å². The molecule has 2 aromatic carbocycles. The number of carbonyl (C=O) groups is 1. The number of carboxylic acids is 1. The highest BCUT2D eigenvalue weighted by Crippen LogP contribution is 2.39. The summed E-state index contributed by atoms with van der Waals surface area (Å²) in [5, 5.41) is 10.0. The fourth-order valence-corrected chi connectivity index (χ4v) is 4.45. The smallest absolute Gasteiger partial charge is 0.340 e. The number of nitrogens with one attached hydrogen (secondary N) is 1. The van der Waals surface area contributed by atoms with Crippen molar-refractivity contribution in [1.29, 1.82) is 0 Å². The summed E-state index contributed by atoms with van der Waals surface area (Å²) < 4.78 is 52.0. The third-order valence-electron chi connectivity index (χ3n) is 4.29. The maximum absolute atomic E-state index is 13.3. The van der Waals surface area contributed by atoms with Crippen LogP contribution in [0.2, 0.25) is 0 Å². The zero-order valence-corrected chi connectivity index (χ0v) is 18.4. The molecule has 31 heavy (non-hydrogen) atoms. The summed E-state index contributed by atoms with van der Waals surface area (Å²) in [4.78, 5) is 12.0. The van der Waals surface area contributed by atoms with Gasteiger partial charge in [0.15, 0.2) is 0 Å². The molecule has 0 aliphatic heterocycles. The Kier molecular flexibility index (Phi) is 6.76. The number of aromatic carboxylic acids is 1. The maximum Gasteiger partial charge on any atom is 0.340 e. The number of ether oxygens (including phenoxy) is 1. The van der Waals surface area contributed by atoms with Crippen molar-refractivity contribution in [2.24, 2.45) is 0 Å². The van der Waals surface area contributed by atoms with Crippen molar-refractivity contribution >= 4 is 44.3 Å². The molecule has 7 nitrogen and oxygen atoms in total. The normalized spacial score (nSPS) is 11.8. The van der Waals surface area contributed by atoms with E-state index in [0.29, 0.717) is 5.56 Å². The molecule has 0 spiro atoms. The van der Waals surface area contributed by atoms with Crippen LogP contribution in [0.5, 0.6) is 5.75 Å². The van der Waals surface area contributed by atoms with Crippen LogP contribution in [0.15, 0.2) is 40.8 Å². The van der Waals surface area contributed by atoms with E-state index in [9.17, 15) is 22.7 Å². The average molecular weight is 470 g/mol. The number of fused-ring (bicyclic) bond motifs is 1. The van der Waals surface area contributed by atoms with Crippen LogP contribution >= 0.6 is 11.6 Å². The summed E-state index contributed by atoms with van der Waals surface area (Å²) >= 11 is 5.60. The van der Waals surface area contributed by atoms with Crippen LogP contribution in [0.1, 0.15) is 30.6 Å². The standard InChI is InChI=1S/C21H21ClFNO6S/c1-12(2)29-18-10-15-17(11-16(18)24-31(27,28)9-3-8-22)30-20(19(15)21(25)26)13-4-6-14(23)7-5-13/h4-7,10-12,24H,3,8-9H2,1-2H3,(H,25,26). The van der Waals surface area contributed by atoms with Gasteiger partial charge in [-0.2, -0.15) is 0 Å². The van der Waals surface area contributed by atoms with Gasteiger partial charge in [-0.1, -0.05) is 0 Å². The lowest BCUT2D eigenvalue weighted by molar-refractivity contribution is 0.0699. The zero-order valence-electron chi connectivity index (χ0n) is 16.8. The SMILES string of the molecule is CC(C)Oc1cc2c(C(=O)O)c(-c3ccc(F)cc3)oc2cc1NS(=O)(=O)CCCCl. The molecule has 0 saturated carbocycles. The van der Waals surface area contributed by atoms with E-state index in [1.807, 2.05) is 0 Å². The lowest BCUT2D eigenvalue weighted by Gasteiger charge is -2.16. The van der Waals surface area contributed by atoms with Gasteiger partial charge in [-0.15, -0.1) is 11.6 Å². The van der Waals surface area contributed by atoms with E-state index in [1.165, 1.54) is 36.4 Å². The largest absolute Gasteiger partial charge is 0.489 e. The van der Waals surface area contributed by atoms with E-state index < -0.39 is 21.8 Å². The Morgan fingerprint density at radius 3 is 2.52 bits per heavy atom. The van der Waals surface area contributed by atoms with E-state index in [2.05, 4.69) is 4.72 Å². The number of benzene rings is 2. The highest BCUT2D eigenvalue weighted by atomic mass is 35.5. The minimum Gasteiger partial charge on any atom is -0.489 e. The molecule has 0 fully saturated rings. The van der Waals surface area contributed by atoms with Crippen LogP contribution in [-0.4, -0.2) is 37.2 Å². The van der Waals surface area contributed by atoms with E-state index in [1.54, 1.807) is 13.8 Å². The number of anilines is 1. The maximum atomic E-state index is 13.3. The first-order chi connectivity index (χ1) is 14.6.